The summed E-state index contributed by atoms with van der Waals surface area (Å²) in [6.07, 6.45) is 1.49. The number of likely N-dealkylation sites (tertiary alicyclic amines) is 1. The van der Waals surface area contributed by atoms with Crippen LogP contribution in [-0.2, 0) is 21.6 Å². The van der Waals surface area contributed by atoms with E-state index in [1.165, 1.54) is 17.9 Å². The molecule has 3 heterocycles. The zero-order valence-electron chi connectivity index (χ0n) is 22.6. The van der Waals surface area contributed by atoms with Gasteiger partial charge in [-0.1, -0.05) is 17.3 Å². The minimum absolute atomic E-state index is 0.00215. The average molecular weight is 621 g/mol. The van der Waals surface area contributed by atoms with Gasteiger partial charge in [-0.15, -0.1) is 0 Å². The van der Waals surface area contributed by atoms with Crippen molar-refractivity contribution in [3.05, 3.63) is 69.5 Å². The second-order valence-electron chi connectivity index (χ2n) is 10.7. The van der Waals surface area contributed by atoms with E-state index < -0.39 is 34.8 Å². The maximum Gasteiger partial charge on any atom is 0.410 e. The molecule has 4 rings (SSSR count). The van der Waals surface area contributed by atoms with Crippen LogP contribution in [0, 0.1) is 11.6 Å². The molecule has 0 radical (unpaired) electrons. The van der Waals surface area contributed by atoms with Crippen molar-refractivity contribution in [2.24, 2.45) is 0 Å². The molecule has 0 bridgehead atoms. The predicted octanol–water partition coefficient (Wildman–Crippen LogP) is 5.07. The Kier molecular flexibility index (Phi) is 8.60. The number of nitrogens with one attached hydrogen (secondary N) is 1. The number of aliphatic hydroxyl groups is 1. The van der Waals surface area contributed by atoms with Gasteiger partial charge in [-0.2, -0.15) is 0 Å². The molecule has 0 saturated carbocycles. The van der Waals surface area contributed by atoms with Crippen molar-refractivity contribution in [1.82, 2.24) is 20.4 Å². The van der Waals surface area contributed by atoms with E-state index in [9.17, 15) is 23.5 Å². The van der Waals surface area contributed by atoms with Gasteiger partial charge in [0, 0.05) is 32.8 Å². The quantitative estimate of drug-likeness (QED) is 0.395. The van der Waals surface area contributed by atoms with Crippen LogP contribution >= 0.6 is 15.9 Å². The molecule has 1 aliphatic heterocycles. The van der Waals surface area contributed by atoms with Gasteiger partial charge < -0.3 is 24.6 Å². The molecule has 0 aliphatic carbocycles. The Morgan fingerprint density at radius 2 is 2.02 bits per heavy atom. The second kappa shape index (κ2) is 11.6. The lowest BCUT2D eigenvalue weighted by atomic mass is 9.74. The first kappa shape index (κ1) is 29.6. The molecule has 1 aromatic carbocycles. The number of pyridine rings is 1. The van der Waals surface area contributed by atoms with Crippen LogP contribution in [0.4, 0.5) is 13.6 Å². The minimum atomic E-state index is -1.72. The smallest absolute Gasteiger partial charge is 0.410 e. The Hall–Kier alpha value is -3.38. The van der Waals surface area contributed by atoms with E-state index in [1.54, 1.807) is 33.0 Å². The van der Waals surface area contributed by atoms with Crippen molar-refractivity contribution in [2.75, 3.05) is 19.6 Å². The number of carbonyl (C=O) groups excluding carboxylic acids is 2. The number of benzene rings is 1. The third-order valence-corrected chi connectivity index (χ3v) is 7.44. The highest BCUT2D eigenvalue weighted by Crippen LogP contribution is 2.47. The lowest BCUT2D eigenvalue weighted by Gasteiger charge is -2.44. The Morgan fingerprint density at radius 1 is 1.27 bits per heavy atom. The second-order valence-corrected chi connectivity index (χ2v) is 11.5. The Labute approximate surface area is 239 Å². The molecule has 0 unspecified atom stereocenters. The molecule has 1 fully saturated rings. The zero-order chi connectivity index (χ0) is 29.2. The van der Waals surface area contributed by atoms with Gasteiger partial charge >= 0.3 is 6.09 Å². The lowest BCUT2D eigenvalue weighted by Crippen LogP contribution is -2.51. The van der Waals surface area contributed by atoms with Crippen LogP contribution in [-0.4, -0.2) is 57.4 Å². The molecular formula is C28H31BrF2N4O5. The van der Waals surface area contributed by atoms with E-state index in [0.29, 0.717) is 23.1 Å². The largest absolute Gasteiger partial charge is 0.444 e. The molecule has 2 amide bonds. The third-order valence-electron chi connectivity index (χ3n) is 6.68. The molecule has 2 aromatic heterocycles. The third kappa shape index (κ3) is 6.33. The minimum Gasteiger partial charge on any atom is -0.444 e. The summed E-state index contributed by atoms with van der Waals surface area (Å²) in [6.45, 7) is 7.14. The number of rotatable bonds is 6. The number of halogens is 3. The fraction of sp³-hybridized carbons (Fsp3) is 0.429. The Balaban J connectivity index is 1.75. The first-order valence-electron chi connectivity index (χ1n) is 12.8. The van der Waals surface area contributed by atoms with Crippen LogP contribution < -0.4 is 5.32 Å². The lowest BCUT2D eigenvalue weighted by molar-refractivity contribution is -0.118. The highest BCUT2D eigenvalue weighted by atomic mass is 79.9. The SMILES string of the molecule is CC(=O)NCCc1cccnc1-c1onc([C@H]2CN(C(=O)OC(C)(C)C)CC[C@]2(O)c2ccc(F)c(F)c2)c1Br. The molecule has 3 aromatic rings. The zero-order valence-corrected chi connectivity index (χ0v) is 24.2. The van der Waals surface area contributed by atoms with Gasteiger partial charge in [0.05, 0.1) is 10.4 Å². The number of carbonyl (C=O) groups is 2. The number of amides is 2. The number of hydrogen-bond donors (Lipinski definition) is 2. The summed E-state index contributed by atoms with van der Waals surface area (Å²) >= 11 is 3.56. The molecule has 2 atom stereocenters. The first-order chi connectivity index (χ1) is 18.8. The average Bonchev–Trinajstić information content (AvgIpc) is 3.25. The number of piperidine rings is 1. The summed E-state index contributed by atoms with van der Waals surface area (Å²) in [7, 11) is 0. The van der Waals surface area contributed by atoms with Gasteiger partial charge in [-0.25, -0.2) is 13.6 Å². The summed E-state index contributed by atoms with van der Waals surface area (Å²) in [6, 6.07) is 6.85. The van der Waals surface area contributed by atoms with Crippen molar-refractivity contribution >= 4 is 27.9 Å². The maximum absolute atomic E-state index is 14.3. The highest BCUT2D eigenvalue weighted by molar-refractivity contribution is 9.10. The van der Waals surface area contributed by atoms with E-state index in [4.69, 9.17) is 9.26 Å². The standard InChI is InChI=1S/C28H31BrF2N4O5/c1-16(36)32-12-9-17-6-5-11-33-23(17)25-22(29)24(34-40-25)19-15-35(26(37)39-27(2,3)4)13-10-28(19,38)18-7-8-20(30)21(31)14-18/h5-8,11,14,19,38H,9-10,12-13,15H2,1-4H3,(H,32,36)/t19-,28+/m1/s1. The number of hydrogen-bond acceptors (Lipinski definition) is 7. The topological polar surface area (TPSA) is 118 Å². The van der Waals surface area contributed by atoms with Gasteiger partial charge in [0.1, 0.15) is 22.6 Å². The molecule has 214 valence electrons. The fourth-order valence-corrected chi connectivity index (χ4v) is 5.34. The molecule has 12 heteroatoms. The summed E-state index contributed by atoms with van der Waals surface area (Å²) in [5.74, 6) is -2.91. The van der Waals surface area contributed by atoms with E-state index in [1.807, 2.05) is 6.07 Å². The molecule has 1 aliphatic rings. The predicted molar refractivity (Wildman–Crippen MR) is 145 cm³/mol. The van der Waals surface area contributed by atoms with Crippen LogP contribution in [0.2, 0.25) is 0 Å². The molecule has 1 saturated heterocycles. The van der Waals surface area contributed by atoms with Crippen molar-refractivity contribution in [1.29, 1.82) is 0 Å². The van der Waals surface area contributed by atoms with E-state index >= 15 is 0 Å². The van der Waals surface area contributed by atoms with Gasteiger partial charge in [-0.05, 0) is 78.9 Å². The van der Waals surface area contributed by atoms with Crippen molar-refractivity contribution in [2.45, 2.75) is 57.7 Å². The monoisotopic (exact) mass is 620 g/mol. The van der Waals surface area contributed by atoms with Crippen molar-refractivity contribution in [3.8, 4) is 11.5 Å². The summed E-state index contributed by atoms with van der Waals surface area (Å²) in [5, 5.41) is 19.0. The Morgan fingerprint density at radius 3 is 2.70 bits per heavy atom. The molecule has 40 heavy (non-hydrogen) atoms. The number of nitrogens with zero attached hydrogens (tertiary/aromatic N) is 3. The number of aromatic nitrogens is 2. The first-order valence-corrected chi connectivity index (χ1v) is 13.6. The molecule has 2 N–H and O–H groups in total. The summed E-state index contributed by atoms with van der Waals surface area (Å²) in [4.78, 5) is 30.2. The van der Waals surface area contributed by atoms with E-state index in [0.717, 1.165) is 17.7 Å². The summed E-state index contributed by atoms with van der Waals surface area (Å²) in [5.41, 5.74) is -0.778. The van der Waals surface area contributed by atoms with Crippen LogP contribution in [0.15, 0.2) is 45.5 Å². The molecule has 0 spiro atoms. The fourth-order valence-electron chi connectivity index (χ4n) is 4.73. The van der Waals surface area contributed by atoms with Crippen LogP contribution in [0.25, 0.3) is 11.5 Å². The maximum atomic E-state index is 14.3. The van der Waals surface area contributed by atoms with E-state index in [-0.39, 0.29) is 42.4 Å². The molecule has 9 nitrogen and oxygen atoms in total. The van der Waals surface area contributed by atoms with Crippen molar-refractivity contribution in [3.63, 3.8) is 0 Å². The van der Waals surface area contributed by atoms with Gasteiger partial charge in [-0.3, -0.25) is 9.78 Å². The molecular weight excluding hydrogens is 590 g/mol. The van der Waals surface area contributed by atoms with Crippen molar-refractivity contribution < 1.29 is 32.7 Å². The van der Waals surface area contributed by atoms with Gasteiger partial charge in [0.15, 0.2) is 17.4 Å². The highest BCUT2D eigenvalue weighted by Gasteiger charge is 2.48. The van der Waals surface area contributed by atoms with Crippen LogP contribution in [0.1, 0.15) is 56.9 Å². The summed E-state index contributed by atoms with van der Waals surface area (Å²) < 4.78 is 39.7. The van der Waals surface area contributed by atoms with Gasteiger partial charge in [0.25, 0.3) is 0 Å². The Bertz CT molecular complexity index is 1410. The normalized spacial score (nSPS) is 19.4. The van der Waals surface area contributed by atoms with E-state index in [2.05, 4.69) is 31.4 Å². The number of ether oxygens (including phenoxy) is 1. The van der Waals surface area contributed by atoms with Crippen LogP contribution in [0.5, 0.6) is 0 Å². The van der Waals surface area contributed by atoms with Crippen LogP contribution in [0.3, 0.4) is 0 Å². The van der Waals surface area contributed by atoms with Gasteiger partial charge in [0.2, 0.25) is 5.91 Å².